The van der Waals surface area contributed by atoms with Crippen molar-refractivity contribution in [3.05, 3.63) is 21.3 Å². The number of ether oxygens (including phenoxy) is 2. The Bertz CT molecular complexity index is 513. The van der Waals surface area contributed by atoms with Crippen LogP contribution in [-0.4, -0.2) is 37.1 Å². The lowest BCUT2D eigenvalue weighted by Gasteiger charge is -2.27. The molecule has 4 nitrogen and oxygen atoms in total. The zero-order valence-electron chi connectivity index (χ0n) is 13.4. The normalized spacial score (nSPS) is 14.8. The van der Waals surface area contributed by atoms with Crippen LogP contribution in [0.2, 0.25) is 0 Å². The molecule has 0 radical (unpaired) electrons. The molecule has 0 N–H and O–H groups in total. The van der Waals surface area contributed by atoms with Gasteiger partial charge in [0.05, 0.1) is 16.8 Å². The van der Waals surface area contributed by atoms with Gasteiger partial charge in [0.15, 0.2) is 11.5 Å². The minimum Gasteiger partial charge on any atom is -0.490 e. The number of halogens is 1. The Balaban J connectivity index is 2.26. The molecule has 1 aromatic rings. The van der Waals surface area contributed by atoms with Gasteiger partial charge in [-0.1, -0.05) is 6.92 Å². The first-order valence-corrected chi connectivity index (χ1v) is 9.13. The number of nitrogens with zero attached hydrogens (tertiary/aromatic N) is 1. The summed E-state index contributed by atoms with van der Waals surface area (Å²) in [6.07, 6.45) is 4.35. The molecule has 0 spiro atoms. The fourth-order valence-corrected chi connectivity index (χ4v) is 3.34. The molecule has 2 rings (SSSR count). The van der Waals surface area contributed by atoms with Crippen molar-refractivity contribution >= 4 is 28.5 Å². The SMILES string of the molecule is CCCOc1c(I)cc(C(=O)N2CCCCC2)cc1OCC. The molecule has 1 amide bonds. The molecule has 0 atom stereocenters. The molecular formula is C17H24INO3. The number of carbonyl (C=O) groups excluding carboxylic acids is 1. The Morgan fingerprint density at radius 2 is 1.91 bits per heavy atom. The zero-order chi connectivity index (χ0) is 15.9. The Hall–Kier alpha value is -0.980. The van der Waals surface area contributed by atoms with Crippen LogP contribution in [0.3, 0.4) is 0 Å². The monoisotopic (exact) mass is 417 g/mol. The number of carbonyl (C=O) groups is 1. The van der Waals surface area contributed by atoms with Gasteiger partial charge in [0.25, 0.3) is 5.91 Å². The Kier molecular flexibility index (Phi) is 6.79. The molecule has 0 aliphatic carbocycles. The summed E-state index contributed by atoms with van der Waals surface area (Å²) < 4.78 is 12.4. The van der Waals surface area contributed by atoms with Crippen LogP contribution in [0.15, 0.2) is 12.1 Å². The lowest BCUT2D eigenvalue weighted by Crippen LogP contribution is -2.35. The quantitative estimate of drug-likeness (QED) is 0.655. The van der Waals surface area contributed by atoms with E-state index in [1.807, 2.05) is 24.0 Å². The highest BCUT2D eigenvalue weighted by Crippen LogP contribution is 2.35. The molecule has 122 valence electrons. The predicted molar refractivity (Wildman–Crippen MR) is 95.9 cm³/mol. The second kappa shape index (κ2) is 8.60. The minimum atomic E-state index is 0.0978. The molecule has 1 fully saturated rings. The number of piperidine rings is 1. The first kappa shape index (κ1) is 17.4. The number of benzene rings is 1. The van der Waals surface area contributed by atoms with E-state index < -0.39 is 0 Å². The molecular weight excluding hydrogens is 393 g/mol. The van der Waals surface area contributed by atoms with Crippen molar-refractivity contribution in [2.24, 2.45) is 0 Å². The number of hydrogen-bond acceptors (Lipinski definition) is 3. The van der Waals surface area contributed by atoms with Gasteiger partial charge < -0.3 is 14.4 Å². The van der Waals surface area contributed by atoms with Crippen molar-refractivity contribution in [1.29, 1.82) is 0 Å². The van der Waals surface area contributed by atoms with Crippen LogP contribution in [0, 0.1) is 3.57 Å². The van der Waals surface area contributed by atoms with Gasteiger partial charge in [0, 0.05) is 18.7 Å². The minimum absolute atomic E-state index is 0.0978. The molecule has 5 heteroatoms. The number of rotatable bonds is 6. The van der Waals surface area contributed by atoms with Gasteiger partial charge in [-0.15, -0.1) is 0 Å². The van der Waals surface area contributed by atoms with Crippen molar-refractivity contribution in [2.45, 2.75) is 39.5 Å². The van der Waals surface area contributed by atoms with Gasteiger partial charge in [-0.05, 0) is 67.3 Å². The number of hydrogen-bond donors (Lipinski definition) is 0. The highest BCUT2D eigenvalue weighted by molar-refractivity contribution is 14.1. The molecule has 1 saturated heterocycles. The van der Waals surface area contributed by atoms with Crippen LogP contribution in [-0.2, 0) is 0 Å². The fraction of sp³-hybridized carbons (Fsp3) is 0.588. The number of amides is 1. The average Bonchev–Trinajstić information content (AvgIpc) is 2.54. The molecule has 1 aliphatic heterocycles. The van der Waals surface area contributed by atoms with Gasteiger partial charge in [-0.2, -0.15) is 0 Å². The molecule has 1 aromatic carbocycles. The molecule has 0 aromatic heterocycles. The van der Waals surface area contributed by atoms with E-state index in [0.717, 1.165) is 41.7 Å². The summed E-state index contributed by atoms with van der Waals surface area (Å²) in [5.74, 6) is 1.52. The van der Waals surface area contributed by atoms with E-state index in [0.29, 0.717) is 24.5 Å². The first-order chi connectivity index (χ1) is 10.7. The predicted octanol–water partition coefficient (Wildman–Crippen LogP) is 4.10. The lowest BCUT2D eigenvalue weighted by molar-refractivity contribution is 0.0723. The van der Waals surface area contributed by atoms with Gasteiger partial charge >= 0.3 is 0 Å². The van der Waals surface area contributed by atoms with Crippen LogP contribution >= 0.6 is 22.6 Å². The average molecular weight is 417 g/mol. The third-order valence-corrected chi connectivity index (χ3v) is 4.45. The third-order valence-electron chi connectivity index (χ3n) is 3.65. The maximum atomic E-state index is 12.7. The van der Waals surface area contributed by atoms with E-state index in [-0.39, 0.29) is 5.91 Å². The van der Waals surface area contributed by atoms with E-state index in [1.165, 1.54) is 6.42 Å². The van der Waals surface area contributed by atoms with Crippen molar-refractivity contribution in [2.75, 3.05) is 26.3 Å². The molecule has 0 bridgehead atoms. The Morgan fingerprint density at radius 1 is 1.18 bits per heavy atom. The van der Waals surface area contributed by atoms with Crippen molar-refractivity contribution in [3.8, 4) is 11.5 Å². The van der Waals surface area contributed by atoms with Crippen molar-refractivity contribution < 1.29 is 14.3 Å². The molecule has 1 heterocycles. The van der Waals surface area contributed by atoms with Gasteiger partial charge in [0.2, 0.25) is 0 Å². The third kappa shape index (κ3) is 4.27. The van der Waals surface area contributed by atoms with E-state index in [2.05, 4.69) is 29.5 Å². The highest BCUT2D eigenvalue weighted by atomic mass is 127. The van der Waals surface area contributed by atoms with Crippen LogP contribution in [0.5, 0.6) is 11.5 Å². The van der Waals surface area contributed by atoms with E-state index in [9.17, 15) is 4.79 Å². The maximum absolute atomic E-state index is 12.7. The van der Waals surface area contributed by atoms with Crippen molar-refractivity contribution in [1.82, 2.24) is 4.90 Å². The van der Waals surface area contributed by atoms with Crippen molar-refractivity contribution in [3.63, 3.8) is 0 Å². The molecule has 1 aliphatic rings. The summed E-state index contributed by atoms with van der Waals surface area (Å²) in [5.41, 5.74) is 0.693. The van der Waals surface area contributed by atoms with Gasteiger partial charge in [0.1, 0.15) is 0 Å². The lowest BCUT2D eigenvalue weighted by atomic mass is 10.1. The van der Waals surface area contributed by atoms with Crippen LogP contribution < -0.4 is 9.47 Å². The van der Waals surface area contributed by atoms with E-state index >= 15 is 0 Å². The smallest absolute Gasteiger partial charge is 0.254 e. The van der Waals surface area contributed by atoms with Crippen LogP contribution in [0.1, 0.15) is 49.9 Å². The first-order valence-electron chi connectivity index (χ1n) is 8.05. The number of likely N-dealkylation sites (tertiary alicyclic amines) is 1. The van der Waals surface area contributed by atoms with E-state index in [4.69, 9.17) is 9.47 Å². The topological polar surface area (TPSA) is 38.8 Å². The highest BCUT2D eigenvalue weighted by Gasteiger charge is 2.21. The maximum Gasteiger partial charge on any atom is 0.254 e. The van der Waals surface area contributed by atoms with Crippen LogP contribution in [0.25, 0.3) is 0 Å². The zero-order valence-corrected chi connectivity index (χ0v) is 15.5. The van der Waals surface area contributed by atoms with Crippen LogP contribution in [0.4, 0.5) is 0 Å². The Labute approximate surface area is 146 Å². The molecule has 0 saturated carbocycles. The summed E-state index contributed by atoms with van der Waals surface area (Å²) in [6.45, 7) is 6.92. The summed E-state index contributed by atoms with van der Waals surface area (Å²) in [4.78, 5) is 14.6. The standard InChI is InChI=1S/C17H24INO3/c1-3-10-22-16-14(18)11-13(12-15(16)21-4-2)17(20)19-8-6-5-7-9-19/h11-12H,3-10H2,1-2H3. The Morgan fingerprint density at radius 3 is 2.55 bits per heavy atom. The van der Waals surface area contributed by atoms with Gasteiger partial charge in [-0.3, -0.25) is 4.79 Å². The second-order valence-corrected chi connectivity index (χ2v) is 6.58. The summed E-state index contributed by atoms with van der Waals surface area (Å²) >= 11 is 2.22. The van der Waals surface area contributed by atoms with E-state index in [1.54, 1.807) is 0 Å². The largest absolute Gasteiger partial charge is 0.490 e. The molecule has 22 heavy (non-hydrogen) atoms. The second-order valence-electron chi connectivity index (χ2n) is 5.42. The van der Waals surface area contributed by atoms with Gasteiger partial charge in [-0.25, -0.2) is 0 Å². The summed E-state index contributed by atoms with van der Waals surface area (Å²) in [7, 11) is 0. The summed E-state index contributed by atoms with van der Waals surface area (Å²) in [5, 5.41) is 0. The fourth-order valence-electron chi connectivity index (χ4n) is 2.58. The molecule has 0 unspecified atom stereocenters. The summed E-state index contributed by atoms with van der Waals surface area (Å²) in [6, 6.07) is 3.73.